The van der Waals surface area contributed by atoms with Crippen LogP contribution in [-0.2, 0) is 15.3 Å². The van der Waals surface area contributed by atoms with E-state index in [9.17, 15) is 18.0 Å². The van der Waals surface area contributed by atoms with E-state index in [2.05, 4.69) is 53.7 Å². The SMILES string of the molecule is CC(C)(C)[Si](C)(C)OC[C@@H]1COCCN1c1cc(F)c2nc(-c3cc(C(=O)c4ccccc4C(F)(F)F)c[nH]3)[nH]c2c1. The van der Waals surface area contributed by atoms with Gasteiger partial charge in [-0.15, -0.1) is 0 Å². The van der Waals surface area contributed by atoms with Crippen LogP contribution in [0.1, 0.15) is 42.3 Å². The Bertz CT molecular complexity index is 1610. The fourth-order valence-corrected chi connectivity index (χ4v) is 5.80. The van der Waals surface area contributed by atoms with Crippen molar-refractivity contribution in [3.05, 3.63) is 71.2 Å². The molecule has 5 rings (SSSR count). The fourth-order valence-electron chi connectivity index (χ4n) is 4.75. The van der Waals surface area contributed by atoms with Crippen LogP contribution in [0.3, 0.4) is 0 Å². The second kappa shape index (κ2) is 11.0. The lowest BCUT2D eigenvalue weighted by Gasteiger charge is -2.41. The number of ether oxygens (including phenoxy) is 1. The van der Waals surface area contributed by atoms with Crippen LogP contribution >= 0.6 is 0 Å². The van der Waals surface area contributed by atoms with E-state index < -0.39 is 37.2 Å². The number of aromatic amines is 2. The monoisotopic (exact) mass is 602 g/mol. The molecule has 42 heavy (non-hydrogen) atoms. The second-order valence-corrected chi connectivity index (χ2v) is 16.9. The molecule has 1 aliphatic heterocycles. The molecule has 0 amide bonds. The molecular weight excluding hydrogens is 568 g/mol. The molecule has 1 aliphatic rings. The summed E-state index contributed by atoms with van der Waals surface area (Å²) in [6.07, 6.45) is -3.35. The molecule has 12 heteroatoms. The molecule has 0 aliphatic carbocycles. The molecule has 224 valence electrons. The van der Waals surface area contributed by atoms with Gasteiger partial charge in [-0.1, -0.05) is 39.0 Å². The van der Waals surface area contributed by atoms with Gasteiger partial charge in [0, 0.05) is 29.6 Å². The zero-order chi connectivity index (χ0) is 30.4. The molecule has 7 nitrogen and oxygen atoms in total. The van der Waals surface area contributed by atoms with E-state index in [1.165, 1.54) is 30.5 Å². The van der Waals surface area contributed by atoms with Crippen molar-refractivity contribution < 1.29 is 31.5 Å². The molecule has 2 aromatic carbocycles. The first kappa shape index (κ1) is 30.0. The number of alkyl halides is 3. The Labute approximate surface area is 242 Å². The van der Waals surface area contributed by atoms with Crippen LogP contribution < -0.4 is 4.90 Å². The first-order valence-electron chi connectivity index (χ1n) is 13.7. The largest absolute Gasteiger partial charge is 0.417 e. The Balaban J connectivity index is 1.41. The van der Waals surface area contributed by atoms with E-state index in [0.29, 0.717) is 43.3 Å². The molecule has 0 spiro atoms. The topological polar surface area (TPSA) is 83.2 Å². The van der Waals surface area contributed by atoms with Crippen LogP contribution in [-0.4, -0.2) is 61.5 Å². The van der Waals surface area contributed by atoms with Gasteiger partial charge in [-0.25, -0.2) is 9.37 Å². The molecule has 1 atom stereocenters. The van der Waals surface area contributed by atoms with Crippen LogP contribution in [0.5, 0.6) is 0 Å². The van der Waals surface area contributed by atoms with Crippen molar-refractivity contribution in [1.82, 2.24) is 15.0 Å². The van der Waals surface area contributed by atoms with Gasteiger partial charge in [0.25, 0.3) is 0 Å². The zero-order valence-electron chi connectivity index (χ0n) is 24.2. The summed E-state index contributed by atoms with van der Waals surface area (Å²) in [5.41, 5.74) is 0.128. The average molecular weight is 603 g/mol. The number of benzene rings is 2. The summed E-state index contributed by atoms with van der Waals surface area (Å²) in [7, 11) is -2.00. The number of hydrogen-bond donors (Lipinski definition) is 2. The van der Waals surface area contributed by atoms with E-state index in [1.54, 1.807) is 0 Å². The summed E-state index contributed by atoms with van der Waals surface area (Å²) in [4.78, 5) is 25.4. The van der Waals surface area contributed by atoms with Gasteiger partial charge >= 0.3 is 6.18 Å². The van der Waals surface area contributed by atoms with Crippen LogP contribution in [0, 0.1) is 5.82 Å². The Morgan fingerprint density at radius 3 is 2.62 bits per heavy atom. The van der Waals surface area contributed by atoms with Crippen molar-refractivity contribution in [3.63, 3.8) is 0 Å². The number of hydrogen-bond acceptors (Lipinski definition) is 5. The summed E-state index contributed by atoms with van der Waals surface area (Å²) in [6.45, 7) is 12.9. The van der Waals surface area contributed by atoms with E-state index in [-0.39, 0.29) is 28.0 Å². The van der Waals surface area contributed by atoms with E-state index in [0.717, 1.165) is 12.1 Å². The number of nitrogens with zero attached hydrogens (tertiary/aromatic N) is 2. The predicted molar refractivity (Wildman–Crippen MR) is 156 cm³/mol. The summed E-state index contributed by atoms with van der Waals surface area (Å²) in [5, 5.41) is 0.0503. The van der Waals surface area contributed by atoms with Crippen LogP contribution in [0.25, 0.3) is 22.6 Å². The van der Waals surface area contributed by atoms with Crippen molar-refractivity contribution in [1.29, 1.82) is 0 Å². The summed E-state index contributed by atoms with van der Waals surface area (Å²) in [5.74, 6) is -1.06. The molecule has 0 bridgehead atoms. The average Bonchev–Trinajstić information content (AvgIpc) is 3.59. The molecule has 4 aromatic rings. The predicted octanol–water partition coefficient (Wildman–Crippen LogP) is 7.17. The number of morpholine rings is 1. The summed E-state index contributed by atoms with van der Waals surface area (Å²) < 4.78 is 67.9. The molecule has 0 saturated carbocycles. The van der Waals surface area contributed by atoms with Crippen molar-refractivity contribution in [2.24, 2.45) is 0 Å². The molecular formula is C30H34F4N4O3Si. The number of H-pyrrole nitrogens is 2. The number of imidazole rings is 1. The Kier molecular flexibility index (Phi) is 7.84. The Morgan fingerprint density at radius 1 is 1.17 bits per heavy atom. The maximum atomic E-state index is 15.4. The van der Waals surface area contributed by atoms with Crippen molar-refractivity contribution in [2.75, 3.05) is 31.3 Å². The maximum absolute atomic E-state index is 15.4. The first-order chi connectivity index (χ1) is 19.7. The minimum Gasteiger partial charge on any atom is -0.415 e. The van der Waals surface area contributed by atoms with Gasteiger partial charge in [0.15, 0.2) is 25.7 Å². The summed E-state index contributed by atoms with van der Waals surface area (Å²) in [6, 6.07) is 9.20. The van der Waals surface area contributed by atoms with Gasteiger partial charge in [0.2, 0.25) is 0 Å². The molecule has 0 radical (unpaired) electrons. The van der Waals surface area contributed by atoms with Crippen molar-refractivity contribution in [3.8, 4) is 11.5 Å². The van der Waals surface area contributed by atoms with Gasteiger partial charge in [0.05, 0.1) is 42.6 Å². The maximum Gasteiger partial charge on any atom is 0.417 e. The minimum absolute atomic E-state index is 0.0289. The third-order valence-corrected chi connectivity index (χ3v) is 12.7. The van der Waals surface area contributed by atoms with Crippen molar-refractivity contribution in [2.45, 2.75) is 51.1 Å². The number of fused-ring (bicyclic) bond motifs is 1. The van der Waals surface area contributed by atoms with Crippen LogP contribution in [0.15, 0.2) is 48.7 Å². The van der Waals surface area contributed by atoms with Gasteiger partial charge in [0.1, 0.15) is 5.52 Å². The lowest BCUT2D eigenvalue weighted by Crippen LogP contribution is -2.51. The smallest absolute Gasteiger partial charge is 0.415 e. The van der Waals surface area contributed by atoms with Gasteiger partial charge in [-0.05, 0) is 42.4 Å². The van der Waals surface area contributed by atoms with Crippen LogP contribution in [0.4, 0.5) is 23.2 Å². The zero-order valence-corrected chi connectivity index (χ0v) is 25.2. The molecule has 2 aromatic heterocycles. The highest BCUT2D eigenvalue weighted by Gasteiger charge is 2.39. The van der Waals surface area contributed by atoms with Crippen molar-refractivity contribution >= 4 is 30.8 Å². The number of halogens is 4. The third-order valence-electron chi connectivity index (χ3n) is 8.20. The lowest BCUT2D eigenvalue weighted by molar-refractivity contribution is -0.137. The van der Waals surface area contributed by atoms with Gasteiger partial charge in [-0.2, -0.15) is 13.2 Å². The van der Waals surface area contributed by atoms with Gasteiger partial charge < -0.3 is 24.0 Å². The number of aromatic nitrogens is 3. The second-order valence-electron chi connectivity index (χ2n) is 12.1. The first-order valence-corrected chi connectivity index (χ1v) is 16.6. The standard InChI is InChI=1S/C30H34F4N4O3Si/c1-29(2,3)42(4,5)41-17-20-16-40-11-10-38(20)19-13-23(31)26-24(14-19)36-28(37-26)25-12-18(15-35-25)27(39)21-8-6-7-9-22(21)30(32,33)34/h6-9,12-15,20,35H,10-11,16-17H2,1-5H3,(H,36,37)/t20-/m0/s1. The summed E-state index contributed by atoms with van der Waals surface area (Å²) >= 11 is 0. The molecule has 1 saturated heterocycles. The lowest BCUT2D eigenvalue weighted by atomic mass is 9.99. The Morgan fingerprint density at radius 2 is 1.90 bits per heavy atom. The number of nitrogens with one attached hydrogen (secondary N) is 2. The fraction of sp³-hybridized carbons (Fsp3) is 0.400. The normalized spacial score (nSPS) is 16.8. The van der Waals surface area contributed by atoms with E-state index in [1.807, 2.05) is 6.07 Å². The number of ketones is 1. The highest BCUT2D eigenvalue weighted by molar-refractivity contribution is 6.74. The molecule has 1 fully saturated rings. The molecule has 2 N–H and O–H groups in total. The Hall–Kier alpha value is -3.48. The van der Waals surface area contributed by atoms with Gasteiger partial charge in [-0.3, -0.25) is 4.79 Å². The van der Waals surface area contributed by atoms with Crippen LogP contribution in [0.2, 0.25) is 18.1 Å². The molecule has 3 heterocycles. The quantitative estimate of drug-likeness (QED) is 0.133. The number of anilines is 1. The highest BCUT2D eigenvalue weighted by Crippen LogP contribution is 2.37. The number of carbonyl (C=O) groups excluding carboxylic acids is 1. The third kappa shape index (κ3) is 5.88. The number of carbonyl (C=O) groups is 1. The molecule has 0 unspecified atom stereocenters. The number of rotatable bonds is 7. The van der Waals surface area contributed by atoms with E-state index >= 15 is 4.39 Å². The van der Waals surface area contributed by atoms with E-state index in [4.69, 9.17) is 9.16 Å². The minimum atomic E-state index is -4.67. The highest BCUT2D eigenvalue weighted by atomic mass is 28.4.